The van der Waals surface area contributed by atoms with Gasteiger partial charge in [0, 0.05) is 30.7 Å². The molecule has 2 aliphatic rings. The van der Waals surface area contributed by atoms with Gasteiger partial charge in [0.05, 0.1) is 11.4 Å². The lowest BCUT2D eigenvalue weighted by Crippen LogP contribution is -2.36. The van der Waals surface area contributed by atoms with Crippen molar-refractivity contribution in [1.82, 2.24) is 4.90 Å². The lowest BCUT2D eigenvalue weighted by Gasteiger charge is -2.28. The minimum atomic E-state index is -0.432. The second kappa shape index (κ2) is 4.98. The van der Waals surface area contributed by atoms with Crippen LogP contribution in [-0.2, 0) is 0 Å². The molecule has 3 rings (SSSR count). The summed E-state index contributed by atoms with van der Waals surface area (Å²) in [6, 6.07) is 6.69. The highest BCUT2D eigenvalue weighted by atomic mass is 16.1. The molecule has 0 aromatic heterocycles. The summed E-state index contributed by atoms with van der Waals surface area (Å²) in [6.45, 7) is 2.03. The molecule has 2 heterocycles. The number of benzene rings is 1. The topological polar surface area (TPSA) is 75.6 Å². The van der Waals surface area contributed by atoms with Gasteiger partial charge in [0.25, 0.3) is 0 Å². The maximum atomic E-state index is 11.2. The summed E-state index contributed by atoms with van der Waals surface area (Å²) in [5, 5.41) is 0. The molecule has 108 valence electrons. The fourth-order valence-electron chi connectivity index (χ4n) is 3.52. The zero-order chi connectivity index (χ0) is 14.3. The van der Waals surface area contributed by atoms with Gasteiger partial charge in [-0.1, -0.05) is 0 Å². The molecule has 2 saturated heterocycles. The van der Waals surface area contributed by atoms with Crippen LogP contribution < -0.4 is 16.4 Å². The molecule has 1 aromatic rings. The highest BCUT2D eigenvalue weighted by molar-refractivity contribution is 5.94. The van der Waals surface area contributed by atoms with Crippen LogP contribution in [0.2, 0.25) is 0 Å². The number of primary amides is 1. The first-order chi connectivity index (χ1) is 9.56. The number of hydrogen-bond acceptors (Lipinski definition) is 4. The van der Waals surface area contributed by atoms with Crippen molar-refractivity contribution >= 4 is 17.3 Å². The fourth-order valence-corrected chi connectivity index (χ4v) is 3.52. The summed E-state index contributed by atoms with van der Waals surface area (Å²) in [7, 11) is 2.23. The predicted molar refractivity (Wildman–Crippen MR) is 80.8 cm³/mol. The van der Waals surface area contributed by atoms with Crippen LogP contribution in [0.3, 0.4) is 0 Å². The van der Waals surface area contributed by atoms with E-state index in [0.717, 1.165) is 18.8 Å². The molecule has 5 heteroatoms. The van der Waals surface area contributed by atoms with Gasteiger partial charge in [-0.15, -0.1) is 0 Å². The zero-order valence-corrected chi connectivity index (χ0v) is 11.9. The number of likely N-dealkylation sites (N-methyl/N-ethyl adjacent to an activating group) is 1. The number of anilines is 2. The Morgan fingerprint density at radius 3 is 2.70 bits per heavy atom. The van der Waals surface area contributed by atoms with Gasteiger partial charge in [-0.2, -0.15) is 0 Å². The maximum Gasteiger partial charge on any atom is 0.248 e. The molecule has 0 aliphatic carbocycles. The Hall–Kier alpha value is -1.75. The van der Waals surface area contributed by atoms with E-state index in [1.54, 1.807) is 12.1 Å². The van der Waals surface area contributed by atoms with Gasteiger partial charge < -0.3 is 16.4 Å². The number of rotatable bonds is 2. The van der Waals surface area contributed by atoms with E-state index in [1.807, 2.05) is 6.07 Å². The highest BCUT2D eigenvalue weighted by Gasteiger charge is 2.34. The number of nitrogens with two attached hydrogens (primary N) is 2. The number of nitrogen functional groups attached to an aromatic ring is 1. The Balaban J connectivity index is 1.84. The van der Waals surface area contributed by atoms with Crippen molar-refractivity contribution in [2.45, 2.75) is 31.3 Å². The Morgan fingerprint density at radius 1 is 1.25 bits per heavy atom. The van der Waals surface area contributed by atoms with Crippen molar-refractivity contribution in [2.24, 2.45) is 5.73 Å². The third kappa shape index (κ3) is 2.22. The predicted octanol–water partition coefficient (Wildman–Crippen LogP) is 1.04. The molecule has 2 bridgehead atoms. The van der Waals surface area contributed by atoms with E-state index >= 15 is 0 Å². The summed E-state index contributed by atoms with van der Waals surface area (Å²) in [6.07, 6.45) is 3.74. The molecule has 0 spiro atoms. The van der Waals surface area contributed by atoms with Gasteiger partial charge in [0.2, 0.25) is 5.91 Å². The second-order valence-corrected chi connectivity index (χ2v) is 5.92. The summed E-state index contributed by atoms with van der Waals surface area (Å²) in [5.74, 6) is -0.432. The maximum absolute atomic E-state index is 11.2. The Kier molecular flexibility index (Phi) is 3.30. The van der Waals surface area contributed by atoms with Crippen molar-refractivity contribution in [2.75, 3.05) is 30.8 Å². The summed E-state index contributed by atoms with van der Waals surface area (Å²) in [5.41, 5.74) is 13.5. The first kappa shape index (κ1) is 13.2. The van der Waals surface area contributed by atoms with Crippen LogP contribution in [0.1, 0.15) is 29.6 Å². The number of carbonyl (C=O) groups is 1. The van der Waals surface area contributed by atoms with Gasteiger partial charge >= 0.3 is 0 Å². The standard InChI is InChI=1S/C15H22N4O/c1-18-11-3-4-12(18)9-19(7-6-11)14-5-2-10(15(17)20)8-13(14)16/h2,5,8,11-12H,3-4,6-7,9,16H2,1H3,(H2,17,20). The Bertz CT molecular complexity index is 531. The van der Waals surface area contributed by atoms with Crippen molar-refractivity contribution in [3.63, 3.8) is 0 Å². The van der Waals surface area contributed by atoms with Crippen LogP contribution in [0.15, 0.2) is 18.2 Å². The molecule has 4 N–H and O–H groups in total. The van der Waals surface area contributed by atoms with E-state index in [1.165, 1.54) is 19.3 Å². The molecule has 2 unspecified atom stereocenters. The first-order valence-corrected chi connectivity index (χ1v) is 7.22. The summed E-state index contributed by atoms with van der Waals surface area (Å²) < 4.78 is 0. The number of carbonyl (C=O) groups excluding carboxylic acids is 1. The quantitative estimate of drug-likeness (QED) is 0.790. The third-order valence-electron chi connectivity index (χ3n) is 4.80. The van der Waals surface area contributed by atoms with Gasteiger partial charge in [-0.25, -0.2) is 0 Å². The first-order valence-electron chi connectivity index (χ1n) is 7.22. The van der Waals surface area contributed by atoms with Crippen LogP contribution in [0.4, 0.5) is 11.4 Å². The highest BCUT2D eigenvalue weighted by Crippen LogP contribution is 2.33. The smallest absolute Gasteiger partial charge is 0.248 e. The van der Waals surface area contributed by atoms with E-state index in [2.05, 4.69) is 16.8 Å². The fraction of sp³-hybridized carbons (Fsp3) is 0.533. The summed E-state index contributed by atoms with van der Waals surface area (Å²) in [4.78, 5) is 16.0. The van der Waals surface area contributed by atoms with Crippen molar-refractivity contribution in [1.29, 1.82) is 0 Å². The lowest BCUT2D eigenvalue weighted by atomic mass is 10.1. The zero-order valence-electron chi connectivity index (χ0n) is 11.9. The minimum Gasteiger partial charge on any atom is -0.397 e. The molecule has 5 nitrogen and oxygen atoms in total. The summed E-state index contributed by atoms with van der Waals surface area (Å²) >= 11 is 0. The van der Waals surface area contributed by atoms with E-state index in [-0.39, 0.29) is 0 Å². The monoisotopic (exact) mass is 274 g/mol. The average molecular weight is 274 g/mol. The molecule has 0 saturated carbocycles. The second-order valence-electron chi connectivity index (χ2n) is 5.92. The third-order valence-corrected chi connectivity index (χ3v) is 4.80. The van der Waals surface area contributed by atoms with E-state index < -0.39 is 5.91 Å². The van der Waals surface area contributed by atoms with E-state index in [4.69, 9.17) is 11.5 Å². The van der Waals surface area contributed by atoms with Gasteiger partial charge in [-0.05, 0) is 44.5 Å². The van der Waals surface area contributed by atoms with Crippen LogP contribution in [0.25, 0.3) is 0 Å². The Labute approximate surface area is 119 Å². The molecule has 0 radical (unpaired) electrons. The number of amides is 1. The van der Waals surface area contributed by atoms with Crippen LogP contribution in [0, 0.1) is 0 Å². The van der Waals surface area contributed by atoms with Crippen LogP contribution in [0.5, 0.6) is 0 Å². The van der Waals surface area contributed by atoms with Gasteiger partial charge in [0.1, 0.15) is 0 Å². The molecule has 2 atom stereocenters. The average Bonchev–Trinajstić information content (AvgIpc) is 2.64. The molecule has 1 amide bonds. The number of hydrogen-bond donors (Lipinski definition) is 2. The number of nitrogens with zero attached hydrogens (tertiary/aromatic N) is 2. The van der Waals surface area contributed by atoms with Crippen molar-refractivity contribution in [3.8, 4) is 0 Å². The van der Waals surface area contributed by atoms with Gasteiger partial charge in [0.15, 0.2) is 0 Å². The van der Waals surface area contributed by atoms with E-state index in [9.17, 15) is 4.79 Å². The SMILES string of the molecule is CN1C2CCC1CN(c1ccc(C(N)=O)cc1N)CC2. The molecule has 1 aromatic carbocycles. The van der Waals surface area contributed by atoms with Gasteiger partial charge in [-0.3, -0.25) is 9.69 Å². The minimum absolute atomic E-state index is 0.432. The molecule has 2 aliphatic heterocycles. The van der Waals surface area contributed by atoms with Crippen molar-refractivity contribution < 1.29 is 4.79 Å². The van der Waals surface area contributed by atoms with Crippen LogP contribution >= 0.6 is 0 Å². The molecule has 20 heavy (non-hydrogen) atoms. The lowest BCUT2D eigenvalue weighted by molar-refractivity contribution is 0.100. The number of fused-ring (bicyclic) bond motifs is 2. The molecular formula is C15H22N4O. The largest absolute Gasteiger partial charge is 0.397 e. The van der Waals surface area contributed by atoms with E-state index in [0.29, 0.717) is 23.3 Å². The molecular weight excluding hydrogens is 252 g/mol. The van der Waals surface area contributed by atoms with Crippen molar-refractivity contribution in [3.05, 3.63) is 23.8 Å². The molecule has 2 fully saturated rings. The van der Waals surface area contributed by atoms with Crippen LogP contribution in [-0.4, -0.2) is 43.0 Å². The normalized spacial score (nSPS) is 26.6. The Morgan fingerprint density at radius 2 is 2.00 bits per heavy atom.